The Bertz CT molecular complexity index is 919. The van der Waals surface area contributed by atoms with Gasteiger partial charge in [0.05, 0.1) is 0 Å². The summed E-state index contributed by atoms with van der Waals surface area (Å²) in [6, 6.07) is 13.6. The number of H-pyrrole nitrogens is 1. The number of nitrogens with zero attached hydrogens (tertiary/aromatic N) is 1. The topological polar surface area (TPSA) is 58.9 Å². The van der Waals surface area contributed by atoms with Crippen LogP contribution in [-0.4, -0.2) is 22.6 Å². The van der Waals surface area contributed by atoms with E-state index in [2.05, 4.69) is 4.98 Å². The van der Waals surface area contributed by atoms with Crippen molar-refractivity contribution in [2.45, 2.75) is 18.5 Å². The molecule has 3 aromatic rings. The van der Waals surface area contributed by atoms with Crippen LogP contribution in [0.25, 0.3) is 10.9 Å². The highest BCUT2D eigenvalue weighted by molar-refractivity contribution is 5.86. The van der Waals surface area contributed by atoms with Gasteiger partial charge in [-0.1, -0.05) is 48.5 Å². The summed E-state index contributed by atoms with van der Waals surface area (Å²) in [5.41, 5.74) is -2.20. The molecule has 0 spiro atoms. The Kier molecular flexibility index (Phi) is 4.02. The normalized spacial score (nSPS) is 14.4. The Hall–Kier alpha value is -2.83. The molecule has 4 nitrogen and oxygen atoms in total. The number of benzene rings is 2. The van der Waals surface area contributed by atoms with Crippen molar-refractivity contribution in [1.29, 1.82) is 0 Å². The Labute approximate surface area is 141 Å². The van der Waals surface area contributed by atoms with Crippen LogP contribution in [0.4, 0.5) is 13.2 Å². The fourth-order valence-electron chi connectivity index (χ4n) is 3.45. The second-order valence-corrected chi connectivity index (χ2v) is 5.93. The maximum Gasteiger partial charge on any atom is 0.408 e. The van der Waals surface area contributed by atoms with Crippen LogP contribution in [-0.2, 0) is 5.41 Å². The molecule has 1 heterocycles. The first-order chi connectivity index (χ1) is 11.8. The van der Waals surface area contributed by atoms with E-state index in [0.717, 1.165) is 0 Å². The fourth-order valence-corrected chi connectivity index (χ4v) is 3.45. The highest BCUT2D eigenvalue weighted by atomic mass is 19.4. The average Bonchev–Trinajstić information content (AvgIpc) is 2.88. The number of para-hydroxylation sites is 1. The van der Waals surface area contributed by atoms with E-state index in [0.29, 0.717) is 10.9 Å². The van der Waals surface area contributed by atoms with E-state index >= 15 is 0 Å². The number of aryl methyl sites for hydroxylation is 1. The van der Waals surface area contributed by atoms with Gasteiger partial charge in [-0.3, -0.25) is 10.1 Å². The van der Waals surface area contributed by atoms with Crippen LogP contribution < -0.4 is 0 Å². The van der Waals surface area contributed by atoms with Gasteiger partial charge in [-0.15, -0.1) is 0 Å². The highest BCUT2D eigenvalue weighted by Gasteiger charge is 2.62. The Morgan fingerprint density at radius 3 is 2.24 bits per heavy atom. The molecule has 0 unspecified atom stereocenters. The minimum absolute atomic E-state index is 0.0986. The summed E-state index contributed by atoms with van der Waals surface area (Å²) in [4.78, 5) is 13.3. The molecule has 0 radical (unpaired) electrons. The quantitative estimate of drug-likeness (QED) is 0.553. The lowest BCUT2D eigenvalue weighted by atomic mass is 9.72. The molecule has 0 amide bonds. The molecule has 0 bridgehead atoms. The van der Waals surface area contributed by atoms with Crippen LogP contribution >= 0.6 is 0 Å². The SMILES string of the molecule is Cc1[nH]c2ccccc2c1[C@@](C[N+](=O)[O-])(c1ccccc1)C(F)(F)F. The number of rotatable bonds is 4. The third kappa shape index (κ3) is 2.65. The van der Waals surface area contributed by atoms with Crippen molar-refractivity contribution >= 4 is 10.9 Å². The lowest BCUT2D eigenvalue weighted by Crippen LogP contribution is -2.49. The van der Waals surface area contributed by atoms with Gasteiger partial charge >= 0.3 is 6.18 Å². The van der Waals surface area contributed by atoms with E-state index in [1.807, 2.05) is 0 Å². The highest BCUT2D eigenvalue weighted by Crippen LogP contribution is 2.49. The largest absolute Gasteiger partial charge is 0.408 e. The number of halogens is 3. The van der Waals surface area contributed by atoms with Gasteiger partial charge in [-0.25, -0.2) is 0 Å². The van der Waals surface area contributed by atoms with Gasteiger partial charge in [0.1, 0.15) is 0 Å². The minimum Gasteiger partial charge on any atom is -0.358 e. The number of fused-ring (bicyclic) bond motifs is 1. The average molecular weight is 348 g/mol. The van der Waals surface area contributed by atoms with Crippen LogP contribution in [0.15, 0.2) is 54.6 Å². The smallest absolute Gasteiger partial charge is 0.358 e. The summed E-state index contributed by atoms with van der Waals surface area (Å²) < 4.78 is 43.1. The number of hydrogen-bond acceptors (Lipinski definition) is 2. The van der Waals surface area contributed by atoms with Crippen LogP contribution in [0.3, 0.4) is 0 Å². The van der Waals surface area contributed by atoms with Crippen molar-refractivity contribution in [3.8, 4) is 0 Å². The monoisotopic (exact) mass is 348 g/mol. The van der Waals surface area contributed by atoms with Crippen LogP contribution in [0.5, 0.6) is 0 Å². The van der Waals surface area contributed by atoms with E-state index in [-0.39, 0.29) is 16.8 Å². The van der Waals surface area contributed by atoms with E-state index in [1.54, 1.807) is 30.3 Å². The summed E-state index contributed by atoms with van der Waals surface area (Å²) in [7, 11) is 0. The zero-order chi connectivity index (χ0) is 18.2. The first-order valence-corrected chi connectivity index (χ1v) is 7.59. The Morgan fingerprint density at radius 1 is 1.04 bits per heavy atom. The van der Waals surface area contributed by atoms with E-state index in [4.69, 9.17) is 0 Å². The second kappa shape index (κ2) is 5.91. The molecule has 0 aliphatic heterocycles. The number of aromatic amines is 1. The first-order valence-electron chi connectivity index (χ1n) is 7.59. The van der Waals surface area contributed by atoms with Crippen molar-refractivity contribution in [2.75, 3.05) is 6.54 Å². The molecule has 0 saturated carbocycles. The maximum atomic E-state index is 14.4. The zero-order valence-corrected chi connectivity index (χ0v) is 13.3. The van der Waals surface area contributed by atoms with Gasteiger partial charge in [0.25, 0.3) is 0 Å². The summed E-state index contributed by atoms with van der Waals surface area (Å²) in [6.45, 7) is 0.238. The lowest BCUT2D eigenvalue weighted by molar-refractivity contribution is -0.498. The first kappa shape index (κ1) is 17.0. The van der Waals surface area contributed by atoms with E-state index < -0.39 is 23.1 Å². The van der Waals surface area contributed by atoms with Gasteiger partial charge in [0.2, 0.25) is 6.54 Å². The maximum absolute atomic E-state index is 14.4. The molecule has 1 N–H and O–H groups in total. The number of nitro groups is 1. The lowest BCUT2D eigenvalue weighted by Gasteiger charge is -2.33. The van der Waals surface area contributed by atoms with Crippen LogP contribution in [0.1, 0.15) is 16.8 Å². The van der Waals surface area contributed by atoms with Gasteiger partial charge in [-0.05, 0) is 18.6 Å². The molecule has 25 heavy (non-hydrogen) atoms. The third-order valence-corrected chi connectivity index (χ3v) is 4.44. The molecule has 3 rings (SSSR count). The summed E-state index contributed by atoms with van der Waals surface area (Å²) in [5, 5.41) is 11.6. The molecular weight excluding hydrogens is 333 g/mol. The molecule has 0 aliphatic rings. The van der Waals surface area contributed by atoms with E-state index in [1.165, 1.54) is 31.2 Å². The van der Waals surface area contributed by atoms with Gasteiger partial charge < -0.3 is 4.98 Å². The molecule has 1 atom stereocenters. The van der Waals surface area contributed by atoms with Crippen molar-refractivity contribution in [3.05, 3.63) is 81.5 Å². The number of nitrogens with one attached hydrogen (secondary N) is 1. The van der Waals surface area contributed by atoms with Crippen molar-refractivity contribution < 1.29 is 18.1 Å². The molecule has 7 heteroatoms. The van der Waals surface area contributed by atoms with Gasteiger partial charge in [-0.2, -0.15) is 13.2 Å². The minimum atomic E-state index is -4.85. The summed E-state index contributed by atoms with van der Waals surface area (Å²) in [6.07, 6.45) is -4.85. The second-order valence-electron chi connectivity index (χ2n) is 5.93. The molecular formula is C18H15F3N2O2. The molecule has 0 aliphatic carbocycles. The Balaban J connectivity index is 2.45. The molecule has 0 saturated heterocycles. The Morgan fingerprint density at radius 2 is 1.64 bits per heavy atom. The van der Waals surface area contributed by atoms with Gasteiger partial charge in [0, 0.05) is 27.1 Å². The number of alkyl halides is 3. The predicted molar refractivity (Wildman–Crippen MR) is 88.2 cm³/mol. The zero-order valence-electron chi connectivity index (χ0n) is 13.3. The van der Waals surface area contributed by atoms with Crippen molar-refractivity contribution in [1.82, 2.24) is 4.98 Å². The summed E-state index contributed by atoms with van der Waals surface area (Å²) in [5.74, 6) is 0. The predicted octanol–water partition coefficient (Wildman–Crippen LogP) is 4.60. The molecule has 0 fully saturated rings. The van der Waals surface area contributed by atoms with E-state index in [9.17, 15) is 23.3 Å². The van der Waals surface area contributed by atoms with Crippen LogP contribution in [0, 0.1) is 17.0 Å². The number of hydrogen-bond donors (Lipinski definition) is 1. The van der Waals surface area contributed by atoms with Crippen molar-refractivity contribution in [3.63, 3.8) is 0 Å². The van der Waals surface area contributed by atoms with Crippen LogP contribution in [0.2, 0.25) is 0 Å². The summed E-state index contributed by atoms with van der Waals surface area (Å²) >= 11 is 0. The molecule has 1 aromatic heterocycles. The molecule has 2 aromatic carbocycles. The number of aromatic nitrogens is 1. The molecule has 130 valence electrons. The standard InChI is InChI=1S/C18H15F3N2O2/c1-12-16(14-9-5-6-10-15(14)22-12)17(11-23(24)25,18(19,20)21)13-7-3-2-4-8-13/h2-10,22H,11H2,1H3/t17-/m1/s1. The van der Waals surface area contributed by atoms with Crippen molar-refractivity contribution in [2.24, 2.45) is 0 Å². The third-order valence-electron chi connectivity index (χ3n) is 4.44. The fraction of sp³-hybridized carbons (Fsp3) is 0.222. The van der Waals surface area contributed by atoms with Gasteiger partial charge in [0.15, 0.2) is 5.41 Å².